The molecule has 0 radical (unpaired) electrons. The molecule has 0 spiro atoms. The van der Waals surface area contributed by atoms with Gasteiger partial charge in [0.15, 0.2) is 0 Å². The molecule has 0 aromatic rings. The molecule has 15 heavy (non-hydrogen) atoms. The second kappa shape index (κ2) is 8.94. The number of aliphatic imine (C=N–C) groups is 1. The average Bonchev–Trinajstić information content (AvgIpc) is 2.34. The Balaban J connectivity index is 0.000000442. The molecule has 1 aliphatic heterocycles. The third-order valence-corrected chi connectivity index (χ3v) is 3.22. The van der Waals surface area contributed by atoms with Crippen LogP contribution in [0.4, 0.5) is 0 Å². The van der Waals surface area contributed by atoms with E-state index in [9.17, 15) is 0 Å². The summed E-state index contributed by atoms with van der Waals surface area (Å²) in [5, 5.41) is 0. The zero-order chi connectivity index (χ0) is 11.7. The first kappa shape index (κ1) is 14.7. The van der Waals surface area contributed by atoms with Gasteiger partial charge in [0.1, 0.15) is 0 Å². The topological polar surface area (TPSA) is 12.4 Å². The zero-order valence-corrected chi connectivity index (χ0v) is 11.3. The lowest BCUT2D eigenvalue weighted by Crippen LogP contribution is -2.27. The summed E-state index contributed by atoms with van der Waals surface area (Å²) in [5.41, 5.74) is 1.40. The Kier molecular flexibility index (Phi) is 8.74. The van der Waals surface area contributed by atoms with Gasteiger partial charge in [-0.2, -0.15) is 0 Å². The quantitative estimate of drug-likeness (QED) is 0.550. The molecule has 0 amide bonds. The number of nitrogens with zero attached hydrogens (tertiary/aromatic N) is 1. The van der Waals surface area contributed by atoms with Crippen molar-refractivity contribution in [2.45, 2.75) is 66.7 Å². The molecular weight excluding hydrogens is 182 g/mol. The summed E-state index contributed by atoms with van der Waals surface area (Å²) in [6.07, 6.45) is 7.13. The van der Waals surface area contributed by atoms with Gasteiger partial charge in [-0.15, -0.1) is 0 Å². The highest BCUT2D eigenvalue weighted by molar-refractivity contribution is 5.82. The molecule has 2 atom stereocenters. The highest BCUT2D eigenvalue weighted by Crippen LogP contribution is 2.35. The van der Waals surface area contributed by atoms with Crippen molar-refractivity contribution in [2.75, 3.05) is 6.54 Å². The zero-order valence-electron chi connectivity index (χ0n) is 11.3. The molecule has 0 saturated heterocycles. The molecule has 1 nitrogen and oxygen atoms in total. The van der Waals surface area contributed by atoms with Crippen LogP contribution in [-0.4, -0.2) is 12.3 Å². The summed E-state index contributed by atoms with van der Waals surface area (Å²) in [6.45, 7) is 11.3. The maximum atomic E-state index is 4.53. The molecule has 90 valence electrons. The molecule has 1 fully saturated rings. The highest BCUT2D eigenvalue weighted by atomic mass is 14.8. The molecule has 0 aromatic carbocycles. The van der Waals surface area contributed by atoms with E-state index in [4.69, 9.17) is 0 Å². The fourth-order valence-corrected chi connectivity index (χ4v) is 2.51. The van der Waals surface area contributed by atoms with Crippen LogP contribution in [0.3, 0.4) is 0 Å². The molecule has 1 heterocycles. The third-order valence-electron chi connectivity index (χ3n) is 3.22. The molecule has 2 rings (SSSR count). The van der Waals surface area contributed by atoms with Crippen LogP contribution in [0, 0.1) is 11.8 Å². The smallest absolute Gasteiger partial charge is 0.0419 e. The second-order valence-electron chi connectivity index (χ2n) is 4.08. The largest absolute Gasteiger partial charge is 0.294 e. The number of rotatable bonds is 0. The van der Waals surface area contributed by atoms with Gasteiger partial charge in [-0.25, -0.2) is 0 Å². The molecule has 1 heteroatoms. The van der Waals surface area contributed by atoms with Crippen LogP contribution >= 0.6 is 0 Å². The monoisotopic (exact) mass is 211 g/mol. The van der Waals surface area contributed by atoms with Crippen LogP contribution in [0.5, 0.6) is 0 Å². The Labute approximate surface area is 96.4 Å². The lowest BCUT2D eigenvalue weighted by Gasteiger charge is -2.33. The van der Waals surface area contributed by atoms with E-state index in [1.807, 2.05) is 27.7 Å². The predicted octanol–water partition coefficient (Wildman–Crippen LogP) is 4.71. The van der Waals surface area contributed by atoms with E-state index in [1.165, 1.54) is 37.8 Å². The number of fused-ring (bicyclic) bond motifs is 1. The predicted molar refractivity (Wildman–Crippen MR) is 70.7 cm³/mol. The second-order valence-corrected chi connectivity index (χ2v) is 4.08. The van der Waals surface area contributed by atoms with Crippen LogP contribution < -0.4 is 0 Å². The maximum Gasteiger partial charge on any atom is 0.0419 e. The van der Waals surface area contributed by atoms with Crippen molar-refractivity contribution in [3.8, 4) is 0 Å². The Morgan fingerprint density at radius 1 is 0.933 bits per heavy atom. The molecule has 0 aromatic heterocycles. The Bertz CT molecular complexity index is 172. The van der Waals surface area contributed by atoms with Crippen molar-refractivity contribution < 1.29 is 0 Å². The van der Waals surface area contributed by atoms with E-state index in [1.54, 1.807) is 0 Å². The number of hydrogen-bond donors (Lipinski definition) is 0. The van der Waals surface area contributed by atoms with Gasteiger partial charge in [-0.05, 0) is 38.0 Å². The first-order valence-corrected chi connectivity index (χ1v) is 6.86. The van der Waals surface area contributed by atoms with Crippen LogP contribution in [0.25, 0.3) is 0 Å². The van der Waals surface area contributed by atoms with Gasteiger partial charge >= 0.3 is 0 Å². The maximum absolute atomic E-state index is 4.53. The Morgan fingerprint density at radius 2 is 1.47 bits per heavy atom. The minimum absolute atomic E-state index is 0.951. The Morgan fingerprint density at radius 3 is 2.07 bits per heavy atom. The van der Waals surface area contributed by atoms with Gasteiger partial charge < -0.3 is 0 Å². The minimum atomic E-state index is 0.951. The van der Waals surface area contributed by atoms with Gasteiger partial charge in [-0.3, -0.25) is 4.99 Å². The van der Waals surface area contributed by atoms with E-state index in [2.05, 4.69) is 11.9 Å². The molecule has 2 aliphatic rings. The molecule has 0 bridgehead atoms. The summed E-state index contributed by atoms with van der Waals surface area (Å²) < 4.78 is 0. The number of hydrogen-bond acceptors (Lipinski definition) is 1. The van der Waals surface area contributed by atoms with Gasteiger partial charge in [0.2, 0.25) is 0 Å². The van der Waals surface area contributed by atoms with Gasteiger partial charge in [0.05, 0.1) is 0 Å². The van der Waals surface area contributed by atoms with E-state index in [0.717, 1.165) is 18.4 Å². The molecule has 2 unspecified atom stereocenters. The van der Waals surface area contributed by atoms with Crippen LogP contribution in [0.1, 0.15) is 66.7 Å². The summed E-state index contributed by atoms with van der Waals surface area (Å²) in [6, 6.07) is 0. The third kappa shape index (κ3) is 4.81. The van der Waals surface area contributed by atoms with E-state index >= 15 is 0 Å². The summed E-state index contributed by atoms with van der Waals surface area (Å²) in [5.74, 6) is 1.95. The van der Waals surface area contributed by atoms with Gasteiger partial charge in [-0.1, -0.05) is 40.5 Å². The van der Waals surface area contributed by atoms with Crippen molar-refractivity contribution in [3.63, 3.8) is 0 Å². The SMILES string of the molecule is CC.CC.CC1=NCC2CCCCC2C1. The standard InChI is InChI=1S/C10H17N.2C2H6/c1-8-6-9-4-2-3-5-10(9)7-11-8;2*1-2/h9-10H,2-7H2,1H3;2*1-2H3. The van der Waals surface area contributed by atoms with Crippen LogP contribution in [0.2, 0.25) is 0 Å². The van der Waals surface area contributed by atoms with Crippen LogP contribution in [-0.2, 0) is 0 Å². The summed E-state index contributed by atoms with van der Waals surface area (Å²) in [7, 11) is 0. The van der Waals surface area contributed by atoms with Crippen molar-refractivity contribution in [1.29, 1.82) is 0 Å². The first-order chi connectivity index (χ1) is 7.36. The minimum Gasteiger partial charge on any atom is -0.294 e. The lowest BCUT2D eigenvalue weighted by atomic mass is 9.75. The van der Waals surface area contributed by atoms with E-state index in [0.29, 0.717) is 0 Å². The van der Waals surface area contributed by atoms with Crippen molar-refractivity contribution in [3.05, 3.63) is 0 Å². The fourth-order valence-electron chi connectivity index (χ4n) is 2.51. The Hall–Kier alpha value is -0.330. The highest BCUT2D eigenvalue weighted by Gasteiger charge is 2.27. The van der Waals surface area contributed by atoms with Crippen molar-refractivity contribution in [2.24, 2.45) is 16.8 Å². The van der Waals surface area contributed by atoms with E-state index < -0.39 is 0 Å². The molecule has 0 N–H and O–H groups in total. The summed E-state index contributed by atoms with van der Waals surface area (Å²) in [4.78, 5) is 4.53. The lowest BCUT2D eigenvalue weighted by molar-refractivity contribution is 0.241. The van der Waals surface area contributed by atoms with Crippen molar-refractivity contribution in [1.82, 2.24) is 0 Å². The fraction of sp³-hybridized carbons (Fsp3) is 0.929. The van der Waals surface area contributed by atoms with Gasteiger partial charge in [0, 0.05) is 12.3 Å². The average molecular weight is 211 g/mol. The van der Waals surface area contributed by atoms with E-state index in [-0.39, 0.29) is 0 Å². The first-order valence-electron chi connectivity index (χ1n) is 6.86. The molecule has 1 saturated carbocycles. The van der Waals surface area contributed by atoms with Gasteiger partial charge in [0.25, 0.3) is 0 Å². The summed E-state index contributed by atoms with van der Waals surface area (Å²) >= 11 is 0. The molecule has 1 aliphatic carbocycles. The van der Waals surface area contributed by atoms with Crippen LogP contribution in [0.15, 0.2) is 4.99 Å². The molecular formula is C14H29N. The van der Waals surface area contributed by atoms with Crippen molar-refractivity contribution >= 4 is 5.71 Å². The normalized spacial score (nSPS) is 28.5.